The highest BCUT2D eigenvalue weighted by atomic mass is 32.2. The van der Waals surface area contributed by atoms with Gasteiger partial charge in [-0.2, -0.15) is 23.5 Å². The summed E-state index contributed by atoms with van der Waals surface area (Å²) in [6.45, 7) is 5.64. The van der Waals surface area contributed by atoms with Gasteiger partial charge in [-0.25, -0.2) is 0 Å². The van der Waals surface area contributed by atoms with Gasteiger partial charge in [0.15, 0.2) is 0 Å². The Bertz CT molecular complexity index is 187. The summed E-state index contributed by atoms with van der Waals surface area (Å²) in [5, 5.41) is 16.4. The lowest BCUT2D eigenvalue weighted by Gasteiger charge is -2.26. The maximum atomic E-state index is 9.70. The van der Waals surface area contributed by atoms with Crippen LogP contribution in [0.15, 0.2) is 0 Å². The Hall–Kier alpha value is 0.540. The summed E-state index contributed by atoms with van der Waals surface area (Å²) < 4.78 is 0. The normalized spacial score (nSPS) is 35.1. The minimum atomic E-state index is -0.182. The molecule has 0 amide bonds. The standard InChI is InChI=1S/C11H25N3OS2/c1-11(12)8-13-2-4-16-6-10(15)7-17-5-3-14-9-11/h10,13-15H,2-9,12H2,1H3. The third-order valence-corrected chi connectivity index (χ3v) is 4.75. The minimum Gasteiger partial charge on any atom is -0.391 e. The van der Waals surface area contributed by atoms with E-state index in [0.717, 1.165) is 49.2 Å². The second-order valence-corrected chi connectivity index (χ2v) is 7.11. The van der Waals surface area contributed by atoms with Gasteiger partial charge in [0.05, 0.1) is 6.10 Å². The molecule has 0 saturated carbocycles. The van der Waals surface area contributed by atoms with Crippen LogP contribution in [0.3, 0.4) is 0 Å². The first-order chi connectivity index (χ1) is 8.10. The van der Waals surface area contributed by atoms with E-state index in [4.69, 9.17) is 5.73 Å². The Kier molecular flexibility index (Phi) is 7.90. The molecule has 0 unspecified atom stereocenters. The molecule has 0 bridgehead atoms. The Labute approximate surface area is 113 Å². The number of thioether (sulfide) groups is 2. The van der Waals surface area contributed by atoms with Crippen molar-refractivity contribution in [2.75, 3.05) is 49.2 Å². The second kappa shape index (κ2) is 8.61. The zero-order valence-electron chi connectivity index (χ0n) is 10.6. The summed E-state index contributed by atoms with van der Waals surface area (Å²) >= 11 is 3.61. The van der Waals surface area contributed by atoms with Gasteiger partial charge in [-0.15, -0.1) is 0 Å². The van der Waals surface area contributed by atoms with Gasteiger partial charge < -0.3 is 21.5 Å². The molecule has 102 valence electrons. The van der Waals surface area contributed by atoms with Crippen molar-refractivity contribution >= 4 is 23.5 Å². The fraction of sp³-hybridized carbons (Fsp3) is 1.00. The Balaban J connectivity index is 2.28. The van der Waals surface area contributed by atoms with Crippen molar-refractivity contribution in [3.63, 3.8) is 0 Å². The SMILES string of the molecule is CC1(N)CNCCSCC(O)CSCCNC1. The predicted octanol–water partition coefficient (Wildman–Crippen LogP) is -0.276. The average molecular weight is 279 g/mol. The van der Waals surface area contributed by atoms with Crippen molar-refractivity contribution in [3.05, 3.63) is 0 Å². The molecular formula is C11H25N3OS2. The number of hydrogen-bond acceptors (Lipinski definition) is 6. The number of nitrogens with one attached hydrogen (secondary N) is 2. The molecule has 17 heavy (non-hydrogen) atoms. The summed E-state index contributed by atoms with van der Waals surface area (Å²) in [5.74, 6) is 3.74. The Morgan fingerprint density at radius 2 is 1.59 bits per heavy atom. The van der Waals surface area contributed by atoms with Crippen LogP contribution in [0.1, 0.15) is 6.92 Å². The van der Waals surface area contributed by atoms with Crippen LogP contribution in [0.2, 0.25) is 0 Å². The number of nitrogens with two attached hydrogens (primary N) is 1. The number of aliphatic hydroxyl groups excluding tert-OH is 1. The van der Waals surface area contributed by atoms with E-state index in [2.05, 4.69) is 17.6 Å². The van der Waals surface area contributed by atoms with Crippen LogP contribution in [0.4, 0.5) is 0 Å². The fourth-order valence-corrected chi connectivity index (χ4v) is 3.43. The molecular weight excluding hydrogens is 254 g/mol. The van der Waals surface area contributed by atoms with Gasteiger partial charge in [0, 0.05) is 54.7 Å². The number of aliphatic hydroxyl groups is 1. The van der Waals surface area contributed by atoms with Crippen molar-refractivity contribution in [2.24, 2.45) is 5.73 Å². The molecule has 4 nitrogen and oxygen atoms in total. The van der Waals surface area contributed by atoms with E-state index >= 15 is 0 Å². The topological polar surface area (TPSA) is 70.3 Å². The molecule has 0 aromatic heterocycles. The first-order valence-electron chi connectivity index (χ1n) is 6.14. The first kappa shape index (κ1) is 15.6. The molecule has 0 aromatic rings. The van der Waals surface area contributed by atoms with Crippen molar-refractivity contribution < 1.29 is 5.11 Å². The molecule has 5 N–H and O–H groups in total. The van der Waals surface area contributed by atoms with Crippen LogP contribution < -0.4 is 16.4 Å². The lowest BCUT2D eigenvalue weighted by Crippen LogP contribution is -2.53. The summed E-state index contributed by atoms with van der Waals surface area (Å²) in [4.78, 5) is 0. The summed E-state index contributed by atoms with van der Waals surface area (Å²) in [7, 11) is 0. The second-order valence-electron chi connectivity index (χ2n) is 4.81. The Morgan fingerprint density at radius 1 is 1.12 bits per heavy atom. The molecule has 0 aromatic carbocycles. The average Bonchev–Trinajstić information content (AvgIpc) is 2.27. The van der Waals surface area contributed by atoms with Crippen LogP contribution in [-0.4, -0.2) is 65.9 Å². The quantitative estimate of drug-likeness (QED) is 0.489. The van der Waals surface area contributed by atoms with Gasteiger partial charge in [0.25, 0.3) is 0 Å². The monoisotopic (exact) mass is 279 g/mol. The molecule has 1 aliphatic heterocycles. The summed E-state index contributed by atoms with van der Waals surface area (Å²) in [6.07, 6.45) is -0.173. The van der Waals surface area contributed by atoms with Gasteiger partial charge in [-0.1, -0.05) is 0 Å². The van der Waals surface area contributed by atoms with Crippen LogP contribution in [-0.2, 0) is 0 Å². The third kappa shape index (κ3) is 8.29. The van der Waals surface area contributed by atoms with E-state index in [-0.39, 0.29) is 11.6 Å². The number of rotatable bonds is 0. The summed E-state index contributed by atoms with van der Waals surface area (Å²) in [5.41, 5.74) is 5.99. The van der Waals surface area contributed by atoms with Gasteiger partial charge in [0.2, 0.25) is 0 Å². The molecule has 0 spiro atoms. The van der Waals surface area contributed by atoms with Crippen LogP contribution >= 0.6 is 23.5 Å². The minimum absolute atomic E-state index is 0.173. The van der Waals surface area contributed by atoms with E-state index in [9.17, 15) is 5.11 Å². The van der Waals surface area contributed by atoms with Crippen molar-refractivity contribution in [1.82, 2.24) is 10.6 Å². The molecule has 1 rings (SSSR count). The van der Waals surface area contributed by atoms with Crippen LogP contribution in [0, 0.1) is 0 Å². The molecule has 1 heterocycles. The van der Waals surface area contributed by atoms with E-state index in [1.165, 1.54) is 0 Å². The molecule has 0 radical (unpaired) electrons. The van der Waals surface area contributed by atoms with Gasteiger partial charge in [-0.05, 0) is 6.92 Å². The smallest absolute Gasteiger partial charge is 0.0720 e. The van der Waals surface area contributed by atoms with E-state index in [1.807, 2.05) is 0 Å². The molecule has 1 fully saturated rings. The van der Waals surface area contributed by atoms with Crippen molar-refractivity contribution in [3.8, 4) is 0 Å². The lowest BCUT2D eigenvalue weighted by molar-refractivity contribution is 0.225. The largest absolute Gasteiger partial charge is 0.391 e. The van der Waals surface area contributed by atoms with E-state index < -0.39 is 0 Å². The maximum Gasteiger partial charge on any atom is 0.0720 e. The molecule has 0 atom stereocenters. The van der Waals surface area contributed by atoms with Crippen LogP contribution in [0.25, 0.3) is 0 Å². The molecule has 1 saturated heterocycles. The van der Waals surface area contributed by atoms with Gasteiger partial charge >= 0.3 is 0 Å². The van der Waals surface area contributed by atoms with E-state index in [0.29, 0.717) is 0 Å². The van der Waals surface area contributed by atoms with Gasteiger partial charge in [-0.3, -0.25) is 0 Å². The van der Waals surface area contributed by atoms with Crippen molar-refractivity contribution in [1.29, 1.82) is 0 Å². The van der Waals surface area contributed by atoms with Gasteiger partial charge in [0.1, 0.15) is 0 Å². The highest BCUT2D eigenvalue weighted by molar-refractivity contribution is 8.00. The fourth-order valence-electron chi connectivity index (χ4n) is 1.59. The molecule has 6 heteroatoms. The third-order valence-electron chi connectivity index (χ3n) is 2.52. The Morgan fingerprint density at radius 3 is 2.06 bits per heavy atom. The van der Waals surface area contributed by atoms with Crippen LogP contribution in [0.5, 0.6) is 0 Å². The highest BCUT2D eigenvalue weighted by Gasteiger charge is 2.17. The lowest BCUT2D eigenvalue weighted by atomic mass is 10.0. The van der Waals surface area contributed by atoms with E-state index in [1.54, 1.807) is 23.5 Å². The first-order valence-corrected chi connectivity index (χ1v) is 8.45. The highest BCUT2D eigenvalue weighted by Crippen LogP contribution is 2.08. The summed E-state index contributed by atoms with van der Waals surface area (Å²) in [6, 6.07) is 0. The molecule has 1 aliphatic rings. The zero-order chi connectivity index (χ0) is 12.6. The predicted molar refractivity (Wildman–Crippen MR) is 79.0 cm³/mol. The van der Waals surface area contributed by atoms with Crippen molar-refractivity contribution in [2.45, 2.75) is 18.6 Å². The number of hydrogen-bond donors (Lipinski definition) is 4. The zero-order valence-corrected chi connectivity index (χ0v) is 12.2. The maximum absolute atomic E-state index is 9.70. The molecule has 0 aliphatic carbocycles.